The Morgan fingerprint density at radius 3 is 3.00 bits per heavy atom. The van der Waals surface area contributed by atoms with Crippen molar-refractivity contribution in [2.24, 2.45) is 0 Å². The first-order chi connectivity index (χ1) is 12.0. The van der Waals surface area contributed by atoms with Gasteiger partial charge in [0.05, 0.1) is 29.8 Å². The minimum Gasteiger partial charge on any atom is -0.378 e. The number of nitrogens with one attached hydrogen (secondary N) is 1. The summed E-state index contributed by atoms with van der Waals surface area (Å²) in [6.07, 6.45) is 6.60. The molecule has 1 aromatic rings. The van der Waals surface area contributed by atoms with Crippen LogP contribution in [-0.2, 0) is 21.1 Å². The first kappa shape index (κ1) is 18.2. The molecule has 2 aliphatic heterocycles. The van der Waals surface area contributed by atoms with E-state index in [9.17, 15) is 13.2 Å². The average Bonchev–Trinajstić information content (AvgIpc) is 3.25. The normalized spacial score (nSPS) is 25.9. The lowest BCUT2D eigenvalue weighted by Crippen LogP contribution is -2.50. The zero-order valence-corrected chi connectivity index (χ0v) is 15.4. The molecule has 0 aromatic carbocycles. The topological polar surface area (TPSA) is 93.5 Å². The fraction of sp³-hybridized carbons (Fsp3) is 0.750. The molecule has 1 N–H and O–H groups in total. The maximum absolute atomic E-state index is 12.6. The molecule has 0 radical (unpaired) electrons. The van der Waals surface area contributed by atoms with Crippen LogP contribution in [0.2, 0.25) is 0 Å². The number of ether oxygens (including phenoxy) is 1. The lowest BCUT2D eigenvalue weighted by molar-refractivity contribution is 0.104. The molecule has 3 rings (SSSR count). The highest BCUT2D eigenvalue weighted by Crippen LogP contribution is 2.26. The molecular weight excluding hydrogens is 344 g/mol. The zero-order chi connectivity index (χ0) is 17.9. The number of urea groups is 1. The van der Waals surface area contributed by atoms with Gasteiger partial charge in [0.2, 0.25) is 0 Å². The summed E-state index contributed by atoms with van der Waals surface area (Å²) >= 11 is 0. The number of hydrogen-bond donors (Lipinski definition) is 1. The van der Waals surface area contributed by atoms with Crippen molar-refractivity contribution >= 4 is 15.9 Å². The van der Waals surface area contributed by atoms with Crippen LogP contribution in [0.3, 0.4) is 0 Å². The van der Waals surface area contributed by atoms with Crippen LogP contribution in [-0.4, -0.2) is 66.4 Å². The van der Waals surface area contributed by atoms with Crippen molar-refractivity contribution in [3.05, 3.63) is 18.0 Å². The summed E-state index contributed by atoms with van der Waals surface area (Å²) in [5.74, 6) is -0.0495. The highest BCUT2D eigenvalue weighted by Gasteiger charge is 2.35. The maximum Gasteiger partial charge on any atom is 0.317 e. The first-order valence-electron chi connectivity index (χ1n) is 8.87. The second-order valence-electron chi connectivity index (χ2n) is 6.61. The molecule has 2 aliphatic rings. The fourth-order valence-electron chi connectivity index (χ4n) is 3.36. The van der Waals surface area contributed by atoms with Crippen LogP contribution in [0.5, 0.6) is 0 Å². The summed E-state index contributed by atoms with van der Waals surface area (Å²) in [5, 5.41) is 7.12. The molecule has 2 amide bonds. The number of aryl methyl sites for hydroxylation is 1. The monoisotopic (exact) mass is 370 g/mol. The van der Waals surface area contributed by atoms with E-state index in [1.807, 2.05) is 13.1 Å². The number of rotatable bonds is 5. The quantitative estimate of drug-likeness (QED) is 0.833. The number of aromatic nitrogens is 2. The van der Waals surface area contributed by atoms with Gasteiger partial charge in [0.15, 0.2) is 9.84 Å². The first-order valence-corrected chi connectivity index (χ1v) is 10.7. The number of sulfone groups is 1. The molecule has 0 saturated carbocycles. The number of carbonyl (C=O) groups excluding carboxylic acids is 1. The molecule has 140 valence electrons. The Kier molecular flexibility index (Phi) is 5.63. The summed E-state index contributed by atoms with van der Waals surface area (Å²) in [6, 6.07) is -0.705. The van der Waals surface area contributed by atoms with Gasteiger partial charge in [-0.2, -0.15) is 5.10 Å². The van der Waals surface area contributed by atoms with Gasteiger partial charge in [-0.25, -0.2) is 13.2 Å². The van der Waals surface area contributed by atoms with Gasteiger partial charge in [-0.3, -0.25) is 4.68 Å². The van der Waals surface area contributed by atoms with Crippen LogP contribution in [0.4, 0.5) is 4.79 Å². The standard InChI is InChI=1S/C16H26N4O4S/c1-2-19-11-13(10-18-19)15-12-25(22,23)9-7-20(15)16(21)17-6-5-14-4-3-8-24-14/h10-11,14-15H,2-9,12H2,1H3,(H,17,21)/t14-,15+/m1/s1. The number of amides is 2. The van der Waals surface area contributed by atoms with Crippen LogP contribution >= 0.6 is 0 Å². The van der Waals surface area contributed by atoms with Gasteiger partial charge < -0.3 is 15.0 Å². The van der Waals surface area contributed by atoms with E-state index in [4.69, 9.17) is 4.74 Å². The Bertz CT molecular complexity index is 697. The number of nitrogens with zero attached hydrogens (tertiary/aromatic N) is 3. The largest absolute Gasteiger partial charge is 0.378 e. The highest BCUT2D eigenvalue weighted by atomic mass is 32.2. The predicted molar refractivity (Wildman–Crippen MR) is 93.0 cm³/mol. The van der Waals surface area contributed by atoms with E-state index in [0.717, 1.165) is 31.4 Å². The molecule has 1 aromatic heterocycles. The second kappa shape index (κ2) is 7.74. The molecule has 2 saturated heterocycles. The molecule has 2 fully saturated rings. The molecule has 25 heavy (non-hydrogen) atoms. The summed E-state index contributed by atoms with van der Waals surface area (Å²) in [5.41, 5.74) is 0.763. The van der Waals surface area contributed by atoms with Crippen LogP contribution in [0, 0.1) is 0 Å². The molecule has 2 atom stereocenters. The molecule has 3 heterocycles. The van der Waals surface area contributed by atoms with Crippen molar-refractivity contribution in [3.8, 4) is 0 Å². The molecular formula is C16H26N4O4S. The van der Waals surface area contributed by atoms with Crippen LogP contribution in [0.15, 0.2) is 12.4 Å². The van der Waals surface area contributed by atoms with E-state index in [-0.39, 0.29) is 30.2 Å². The van der Waals surface area contributed by atoms with Crippen LogP contribution in [0.1, 0.15) is 37.8 Å². The van der Waals surface area contributed by atoms with E-state index >= 15 is 0 Å². The van der Waals surface area contributed by atoms with Gasteiger partial charge >= 0.3 is 6.03 Å². The van der Waals surface area contributed by atoms with Crippen molar-refractivity contribution in [1.82, 2.24) is 20.0 Å². The Labute approximate surface area is 148 Å². The van der Waals surface area contributed by atoms with Crippen molar-refractivity contribution < 1.29 is 17.9 Å². The minimum atomic E-state index is -3.16. The molecule has 8 nitrogen and oxygen atoms in total. The van der Waals surface area contributed by atoms with E-state index < -0.39 is 15.9 Å². The Balaban J connectivity index is 1.64. The van der Waals surface area contributed by atoms with E-state index in [0.29, 0.717) is 13.1 Å². The van der Waals surface area contributed by atoms with Gasteiger partial charge in [-0.1, -0.05) is 0 Å². The molecule has 0 spiro atoms. The van der Waals surface area contributed by atoms with Crippen molar-refractivity contribution in [2.45, 2.75) is 44.9 Å². The molecule has 0 aliphatic carbocycles. The van der Waals surface area contributed by atoms with Gasteiger partial charge in [0.25, 0.3) is 0 Å². The second-order valence-corrected chi connectivity index (χ2v) is 8.84. The van der Waals surface area contributed by atoms with Crippen LogP contribution in [0.25, 0.3) is 0 Å². The van der Waals surface area contributed by atoms with Crippen molar-refractivity contribution in [1.29, 1.82) is 0 Å². The SMILES string of the molecule is CCn1cc([C@@H]2CS(=O)(=O)CCN2C(=O)NCC[C@H]2CCCO2)cn1. The summed E-state index contributed by atoms with van der Waals surface area (Å²) in [6.45, 7) is 4.20. The Hall–Kier alpha value is -1.61. The average molecular weight is 370 g/mol. The molecule has 0 bridgehead atoms. The predicted octanol–water partition coefficient (Wildman–Crippen LogP) is 0.953. The van der Waals surface area contributed by atoms with E-state index in [2.05, 4.69) is 10.4 Å². The minimum absolute atomic E-state index is 0.00453. The lowest BCUT2D eigenvalue weighted by Gasteiger charge is -2.35. The Morgan fingerprint density at radius 1 is 1.48 bits per heavy atom. The molecule has 9 heteroatoms. The summed E-state index contributed by atoms with van der Waals surface area (Å²) in [4.78, 5) is 14.2. The van der Waals surface area contributed by atoms with Gasteiger partial charge in [0, 0.05) is 38.0 Å². The fourth-order valence-corrected chi connectivity index (χ4v) is 4.86. The van der Waals surface area contributed by atoms with E-state index in [1.54, 1.807) is 15.8 Å². The van der Waals surface area contributed by atoms with Gasteiger partial charge in [-0.15, -0.1) is 0 Å². The van der Waals surface area contributed by atoms with Crippen LogP contribution < -0.4 is 5.32 Å². The van der Waals surface area contributed by atoms with Gasteiger partial charge in [-0.05, 0) is 26.2 Å². The van der Waals surface area contributed by atoms with Crippen molar-refractivity contribution in [3.63, 3.8) is 0 Å². The number of hydrogen-bond acceptors (Lipinski definition) is 5. The van der Waals surface area contributed by atoms with Crippen molar-refractivity contribution in [2.75, 3.05) is 31.2 Å². The third-order valence-corrected chi connectivity index (χ3v) is 6.45. The summed E-state index contributed by atoms with van der Waals surface area (Å²) < 4.78 is 31.4. The maximum atomic E-state index is 12.6. The highest BCUT2D eigenvalue weighted by molar-refractivity contribution is 7.91. The lowest BCUT2D eigenvalue weighted by atomic mass is 10.1. The zero-order valence-electron chi connectivity index (χ0n) is 14.6. The number of carbonyl (C=O) groups is 1. The van der Waals surface area contributed by atoms with Gasteiger partial charge in [0.1, 0.15) is 0 Å². The van der Waals surface area contributed by atoms with E-state index in [1.165, 1.54) is 0 Å². The summed E-state index contributed by atoms with van der Waals surface area (Å²) in [7, 11) is -3.16. The third kappa shape index (κ3) is 4.52. The Morgan fingerprint density at radius 2 is 2.32 bits per heavy atom. The third-order valence-electron chi connectivity index (χ3n) is 4.82. The smallest absolute Gasteiger partial charge is 0.317 e. The molecule has 0 unspecified atom stereocenters.